The topological polar surface area (TPSA) is 26.3 Å². The predicted molar refractivity (Wildman–Crippen MR) is 55.7 cm³/mol. The first-order valence-electron chi connectivity index (χ1n) is 4.27. The van der Waals surface area contributed by atoms with Gasteiger partial charge < -0.3 is 4.74 Å². The number of methoxy groups -OCH3 is 1. The number of halogens is 4. The number of carbonyl (C=O) groups excluding carboxylic acids is 1. The van der Waals surface area contributed by atoms with Crippen molar-refractivity contribution in [1.29, 1.82) is 0 Å². The summed E-state index contributed by atoms with van der Waals surface area (Å²) in [6.45, 7) is 0. The summed E-state index contributed by atoms with van der Waals surface area (Å²) in [4.78, 5) is 11.4. The third-order valence-electron chi connectivity index (χ3n) is 1.82. The van der Waals surface area contributed by atoms with Crippen molar-refractivity contribution < 1.29 is 22.7 Å². The number of rotatable bonds is 3. The van der Waals surface area contributed by atoms with Crippen LogP contribution >= 0.6 is 15.9 Å². The van der Waals surface area contributed by atoms with Gasteiger partial charge in [0.25, 0.3) is 0 Å². The van der Waals surface area contributed by atoms with Crippen LogP contribution in [0.15, 0.2) is 22.7 Å². The van der Waals surface area contributed by atoms with Crippen molar-refractivity contribution in [3.8, 4) is 5.75 Å². The van der Waals surface area contributed by atoms with Gasteiger partial charge in [0.2, 0.25) is 0 Å². The molecule has 0 saturated heterocycles. The molecule has 0 aromatic heterocycles. The number of alkyl halides is 3. The number of benzene rings is 1. The maximum absolute atomic E-state index is 12.1. The monoisotopic (exact) mass is 296 g/mol. The third kappa shape index (κ3) is 3.52. The van der Waals surface area contributed by atoms with Crippen LogP contribution in [0.25, 0.3) is 0 Å². The van der Waals surface area contributed by atoms with Crippen molar-refractivity contribution in [1.82, 2.24) is 0 Å². The lowest BCUT2D eigenvalue weighted by Gasteiger charge is -2.09. The van der Waals surface area contributed by atoms with Gasteiger partial charge in [0.15, 0.2) is 5.78 Å². The minimum absolute atomic E-state index is 0.0748. The molecule has 0 N–H and O–H groups in total. The first-order chi connectivity index (χ1) is 7.33. The van der Waals surface area contributed by atoms with Gasteiger partial charge in [-0.3, -0.25) is 4.79 Å². The van der Waals surface area contributed by atoms with Crippen LogP contribution < -0.4 is 4.74 Å². The van der Waals surface area contributed by atoms with Crippen LogP contribution in [0.3, 0.4) is 0 Å². The van der Waals surface area contributed by atoms with Crippen molar-refractivity contribution in [3.05, 3.63) is 28.2 Å². The van der Waals surface area contributed by atoms with Gasteiger partial charge in [0.05, 0.1) is 12.7 Å². The largest absolute Gasteiger partial charge is 0.496 e. The van der Waals surface area contributed by atoms with Crippen LogP contribution in [0.4, 0.5) is 13.2 Å². The first kappa shape index (κ1) is 13.0. The van der Waals surface area contributed by atoms with Crippen LogP contribution in [0.2, 0.25) is 0 Å². The SMILES string of the molecule is COc1ccc(Br)cc1C(=O)CC(F)(F)F. The number of Topliss-reactive ketones (excluding diaryl/α,β-unsaturated/α-hetero) is 1. The number of ether oxygens (including phenoxy) is 1. The van der Waals surface area contributed by atoms with Crippen LogP contribution in [0.1, 0.15) is 16.8 Å². The Morgan fingerprint density at radius 2 is 2.06 bits per heavy atom. The summed E-state index contributed by atoms with van der Waals surface area (Å²) in [6, 6.07) is 4.34. The molecule has 0 bridgehead atoms. The quantitative estimate of drug-likeness (QED) is 0.797. The molecule has 0 fully saturated rings. The van der Waals surface area contributed by atoms with Crippen LogP contribution in [-0.4, -0.2) is 19.1 Å². The minimum atomic E-state index is -4.51. The molecule has 0 amide bonds. The normalized spacial score (nSPS) is 11.3. The van der Waals surface area contributed by atoms with Gasteiger partial charge in [-0.05, 0) is 18.2 Å². The highest BCUT2D eigenvalue weighted by atomic mass is 79.9. The molecule has 0 aliphatic rings. The summed E-state index contributed by atoms with van der Waals surface area (Å²) in [5.41, 5.74) is -0.0748. The third-order valence-corrected chi connectivity index (χ3v) is 2.32. The fraction of sp³-hybridized carbons (Fsp3) is 0.300. The second kappa shape index (κ2) is 4.86. The Kier molecular flexibility index (Phi) is 3.96. The van der Waals surface area contributed by atoms with Crippen LogP contribution in [0, 0.1) is 0 Å². The molecule has 1 aromatic rings. The van der Waals surface area contributed by atoms with Gasteiger partial charge in [-0.1, -0.05) is 15.9 Å². The molecule has 0 spiro atoms. The Morgan fingerprint density at radius 3 is 2.56 bits per heavy atom. The molecule has 1 aromatic carbocycles. The van der Waals surface area contributed by atoms with Gasteiger partial charge in [0.1, 0.15) is 12.2 Å². The first-order valence-corrected chi connectivity index (χ1v) is 5.06. The number of hydrogen-bond acceptors (Lipinski definition) is 2. The molecule has 0 aliphatic heterocycles. The predicted octanol–water partition coefficient (Wildman–Crippen LogP) is 3.59. The lowest BCUT2D eigenvalue weighted by Crippen LogP contribution is -2.15. The molecule has 88 valence electrons. The zero-order valence-corrected chi connectivity index (χ0v) is 9.85. The molecule has 0 saturated carbocycles. The number of hydrogen-bond donors (Lipinski definition) is 0. The van der Waals surface area contributed by atoms with E-state index in [0.717, 1.165) is 0 Å². The average molecular weight is 297 g/mol. The van der Waals surface area contributed by atoms with E-state index < -0.39 is 18.4 Å². The summed E-state index contributed by atoms with van der Waals surface area (Å²) >= 11 is 3.08. The van der Waals surface area contributed by atoms with E-state index in [1.807, 2.05) is 0 Å². The Morgan fingerprint density at radius 1 is 1.44 bits per heavy atom. The number of carbonyl (C=O) groups is 1. The van der Waals surface area contributed by atoms with E-state index in [0.29, 0.717) is 4.47 Å². The summed E-state index contributed by atoms with van der Waals surface area (Å²) in [6.07, 6.45) is -6.00. The van der Waals surface area contributed by atoms with Crippen molar-refractivity contribution >= 4 is 21.7 Å². The lowest BCUT2D eigenvalue weighted by molar-refractivity contribution is -0.125. The molecule has 6 heteroatoms. The Bertz CT molecular complexity index is 402. The Balaban J connectivity index is 3.02. The maximum Gasteiger partial charge on any atom is 0.396 e. The van der Waals surface area contributed by atoms with E-state index in [4.69, 9.17) is 4.74 Å². The van der Waals surface area contributed by atoms with E-state index in [1.165, 1.54) is 19.2 Å². The molecular formula is C10H8BrF3O2. The maximum atomic E-state index is 12.1. The van der Waals surface area contributed by atoms with Crippen LogP contribution in [0.5, 0.6) is 5.75 Å². The second-order valence-corrected chi connectivity index (χ2v) is 3.98. The molecule has 0 aliphatic carbocycles. The van der Waals surface area contributed by atoms with Gasteiger partial charge in [-0.25, -0.2) is 0 Å². The average Bonchev–Trinajstić information content (AvgIpc) is 2.15. The fourth-order valence-corrected chi connectivity index (χ4v) is 1.54. The Labute approximate surface area is 98.5 Å². The highest BCUT2D eigenvalue weighted by Crippen LogP contribution is 2.28. The molecule has 16 heavy (non-hydrogen) atoms. The van der Waals surface area contributed by atoms with E-state index >= 15 is 0 Å². The highest BCUT2D eigenvalue weighted by Gasteiger charge is 2.32. The summed E-state index contributed by atoms with van der Waals surface area (Å²) in [5.74, 6) is -0.872. The van der Waals surface area contributed by atoms with Crippen molar-refractivity contribution in [2.24, 2.45) is 0 Å². The van der Waals surface area contributed by atoms with Crippen molar-refractivity contribution in [2.45, 2.75) is 12.6 Å². The standard InChI is InChI=1S/C10H8BrF3O2/c1-16-9-3-2-6(11)4-7(9)8(15)5-10(12,13)14/h2-4H,5H2,1H3. The Hall–Kier alpha value is -1.04. The zero-order valence-electron chi connectivity index (χ0n) is 8.27. The second-order valence-electron chi connectivity index (χ2n) is 3.06. The van der Waals surface area contributed by atoms with E-state index in [-0.39, 0.29) is 11.3 Å². The molecule has 0 unspecified atom stereocenters. The van der Waals surface area contributed by atoms with E-state index in [2.05, 4.69) is 15.9 Å². The smallest absolute Gasteiger partial charge is 0.396 e. The number of ketones is 1. The molecular weight excluding hydrogens is 289 g/mol. The summed E-state index contributed by atoms with van der Waals surface area (Å²) < 4.78 is 41.5. The van der Waals surface area contributed by atoms with E-state index in [9.17, 15) is 18.0 Å². The van der Waals surface area contributed by atoms with Gasteiger partial charge in [-0.2, -0.15) is 13.2 Å². The van der Waals surface area contributed by atoms with Crippen molar-refractivity contribution in [3.63, 3.8) is 0 Å². The lowest BCUT2D eigenvalue weighted by atomic mass is 10.1. The fourth-order valence-electron chi connectivity index (χ4n) is 1.18. The molecule has 2 nitrogen and oxygen atoms in total. The highest BCUT2D eigenvalue weighted by molar-refractivity contribution is 9.10. The van der Waals surface area contributed by atoms with E-state index in [1.54, 1.807) is 6.07 Å². The summed E-state index contributed by atoms with van der Waals surface area (Å²) in [7, 11) is 1.30. The van der Waals surface area contributed by atoms with Crippen LogP contribution in [-0.2, 0) is 0 Å². The minimum Gasteiger partial charge on any atom is -0.496 e. The van der Waals surface area contributed by atoms with Gasteiger partial charge in [0, 0.05) is 4.47 Å². The van der Waals surface area contributed by atoms with Crippen molar-refractivity contribution in [2.75, 3.05) is 7.11 Å². The zero-order chi connectivity index (χ0) is 12.3. The van der Waals surface area contributed by atoms with Gasteiger partial charge in [-0.15, -0.1) is 0 Å². The van der Waals surface area contributed by atoms with Gasteiger partial charge >= 0.3 is 6.18 Å². The molecule has 0 atom stereocenters. The molecule has 1 rings (SSSR count). The molecule has 0 radical (unpaired) electrons. The molecule has 0 heterocycles. The summed E-state index contributed by atoms with van der Waals surface area (Å²) in [5, 5.41) is 0.